The van der Waals surface area contributed by atoms with Crippen LogP contribution in [0.4, 0.5) is 17.9 Å². The van der Waals surface area contributed by atoms with Gasteiger partial charge in [0.25, 0.3) is 0 Å². The molecule has 0 aromatic carbocycles. The molecule has 0 atom stereocenters. The van der Waals surface area contributed by atoms with E-state index in [-0.39, 0.29) is 12.8 Å². The van der Waals surface area contributed by atoms with E-state index in [1.54, 1.807) is 0 Å². The summed E-state index contributed by atoms with van der Waals surface area (Å²) in [5.41, 5.74) is 0. The molecule has 0 saturated heterocycles. The van der Waals surface area contributed by atoms with Crippen molar-refractivity contribution >= 4 is 11.9 Å². The maximum atomic E-state index is 10.0. The Morgan fingerprint density at radius 1 is 0.765 bits per heavy atom. The van der Waals surface area contributed by atoms with Crippen molar-refractivity contribution in [3.05, 3.63) is 0 Å². The van der Waals surface area contributed by atoms with Crippen LogP contribution in [0.15, 0.2) is 0 Å². The monoisotopic (exact) mass is 264 g/mol. The van der Waals surface area contributed by atoms with Crippen molar-refractivity contribution in [1.82, 2.24) is 0 Å². The quantitative estimate of drug-likeness (QED) is 0.421. The van der Waals surface area contributed by atoms with E-state index < -0.39 is 17.3 Å². The van der Waals surface area contributed by atoms with Gasteiger partial charge in [-0.1, -0.05) is 12.8 Å². The Balaban J connectivity index is 0. The lowest BCUT2D eigenvalue weighted by molar-refractivity contribution is -1.36. The number of rotatable bonds is 7. The molecular formula is C8H14F4NO4+. The summed E-state index contributed by atoms with van der Waals surface area (Å²) in [6.45, 7) is 0. The molecule has 0 bridgehead atoms. The number of carboxylic acids is 2. The molecule has 17 heavy (non-hydrogen) atoms. The Morgan fingerprint density at radius 3 is 1.18 bits per heavy atom. The first-order valence-corrected chi connectivity index (χ1v) is 4.74. The fourth-order valence-electron chi connectivity index (χ4n) is 0.906. The van der Waals surface area contributed by atoms with E-state index in [1.165, 1.54) is 0 Å². The van der Waals surface area contributed by atoms with Gasteiger partial charge in [-0.15, -0.1) is 0 Å². The zero-order valence-corrected chi connectivity index (χ0v) is 8.91. The Morgan fingerprint density at radius 2 is 1.00 bits per heavy atom. The highest BCUT2D eigenvalue weighted by atomic mass is 19.7. The van der Waals surface area contributed by atoms with Crippen molar-refractivity contribution in [2.45, 2.75) is 38.5 Å². The standard InChI is InChI=1S/C8H14O4.F4N/c9-7(10)5-3-1-2-4-6-8(11)12;1-5(2,3)4/h1-6H2,(H,9,10)(H,11,12);/q;+1. The third-order valence-corrected chi connectivity index (χ3v) is 1.53. The van der Waals surface area contributed by atoms with Crippen LogP contribution in [-0.4, -0.2) is 27.5 Å². The number of quaternary nitrogens is 1. The molecule has 0 unspecified atom stereocenters. The molecule has 0 aromatic heterocycles. The summed E-state index contributed by atoms with van der Waals surface area (Å²) >= 11 is 0. The van der Waals surface area contributed by atoms with E-state index in [2.05, 4.69) is 0 Å². The first-order chi connectivity index (χ1) is 7.63. The minimum absolute atomic E-state index is 0.188. The zero-order chi connectivity index (χ0) is 13.9. The molecule has 0 fully saturated rings. The summed E-state index contributed by atoms with van der Waals surface area (Å²) in [5.74, 6) is -1.57. The van der Waals surface area contributed by atoms with Crippen molar-refractivity contribution in [3.63, 3.8) is 0 Å². The lowest BCUT2D eigenvalue weighted by Gasteiger charge is -1.96. The molecule has 0 rings (SSSR count). The average molecular weight is 264 g/mol. The van der Waals surface area contributed by atoms with Crippen molar-refractivity contribution in [2.75, 3.05) is 0 Å². The molecule has 0 heterocycles. The summed E-state index contributed by atoms with van der Waals surface area (Å²) in [4.78, 5) is 20.1. The van der Waals surface area contributed by atoms with Crippen LogP contribution in [0.2, 0.25) is 0 Å². The van der Waals surface area contributed by atoms with Gasteiger partial charge in [-0.05, 0) is 12.8 Å². The van der Waals surface area contributed by atoms with Gasteiger partial charge < -0.3 is 10.2 Å². The van der Waals surface area contributed by atoms with Crippen LogP contribution in [0.25, 0.3) is 0 Å². The molecule has 0 aliphatic carbocycles. The summed E-state index contributed by atoms with van der Waals surface area (Å²) < 4.78 is 38.5. The van der Waals surface area contributed by atoms with Gasteiger partial charge in [0.2, 0.25) is 0 Å². The molecule has 9 heteroatoms. The number of unbranched alkanes of at least 4 members (excludes halogenated alkanes) is 3. The predicted octanol–water partition coefficient (Wildman–Crippen LogP) is 2.84. The van der Waals surface area contributed by atoms with Crippen LogP contribution in [-0.2, 0) is 9.59 Å². The number of aliphatic carboxylic acids is 2. The Bertz CT molecular complexity index is 208. The largest absolute Gasteiger partial charge is 0.481 e. The summed E-state index contributed by atoms with van der Waals surface area (Å²) in [7, 11) is 0. The first-order valence-electron chi connectivity index (χ1n) is 4.74. The number of hydrogen-bond donors (Lipinski definition) is 2. The summed E-state index contributed by atoms with van der Waals surface area (Å²) in [6, 6.07) is 0. The van der Waals surface area contributed by atoms with Crippen molar-refractivity contribution in [2.24, 2.45) is 0 Å². The van der Waals surface area contributed by atoms with E-state index in [0.29, 0.717) is 12.8 Å². The van der Waals surface area contributed by atoms with E-state index in [4.69, 9.17) is 10.2 Å². The normalized spacial score (nSPS) is 10.4. The lowest BCUT2D eigenvalue weighted by Crippen LogP contribution is -1.99. The van der Waals surface area contributed by atoms with Crippen LogP contribution in [0.1, 0.15) is 38.5 Å². The van der Waals surface area contributed by atoms with Gasteiger partial charge in [-0.3, -0.25) is 9.59 Å². The molecule has 0 saturated carbocycles. The van der Waals surface area contributed by atoms with Crippen LogP contribution in [0.5, 0.6) is 0 Å². The first kappa shape index (κ1) is 18.0. The van der Waals surface area contributed by atoms with E-state index in [9.17, 15) is 27.5 Å². The minimum Gasteiger partial charge on any atom is -0.481 e. The Hall–Kier alpha value is -1.38. The number of halogens is 4. The van der Waals surface area contributed by atoms with Gasteiger partial charge in [-0.25, -0.2) is 0 Å². The van der Waals surface area contributed by atoms with Gasteiger partial charge in [0.15, 0.2) is 0 Å². The zero-order valence-electron chi connectivity index (χ0n) is 8.91. The maximum absolute atomic E-state index is 10.0. The van der Waals surface area contributed by atoms with Crippen LogP contribution in [0.3, 0.4) is 0 Å². The smallest absolute Gasteiger partial charge is 0.440 e. The molecule has 0 spiro atoms. The molecule has 0 aromatic rings. The number of carbonyl (C=O) groups is 2. The molecule has 5 nitrogen and oxygen atoms in total. The van der Waals surface area contributed by atoms with Gasteiger partial charge in [0.05, 0.1) is 0 Å². The van der Waals surface area contributed by atoms with E-state index in [0.717, 1.165) is 12.8 Å². The molecular weight excluding hydrogens is 250 g/mol. The maximum Gasteiger partial charge on any atom is 0.440 e. The molecule has 0 amide bonds. The molecule has 0 aliphatic heterocycles. The second-order valence-electron chi connectivity index (χ2n) is 3.09. The van der Waals surface area contributed by atoms with Crippen molar-refractivity contribution in [3.8, 4) is 0 Å². The topological polar surface area (TPSA) is 74.6 Å². The van der Waals surface area contributed by atoms with Gasteiger partial charge in [0, 0.05) is 12.8 Å². The number of hydrogen-bond acceptors (Lipinski definition) is 2. The van der Waals surface area contributed by atoms with Crippen molar-refractivity contribution < 1.29 is 43.1 Å². The van der Waals surface area contributed by atoms with E-state index >= 15 is 0 Å². The van der Waals surface area contributed by atoms with Gasteiger partial charge >= 0.3 is 17.3 Å². The summed E-state index contributed by atoms with van der Waals surface area (Å²) in [6.07, 6.45) is 3.28. The highest BCUT2D eigenvalue weighted by Crippen LogP contribution is 2.08. The molecule has 2 N–H and O–H groups in total. The van der Waals surface area contributed by atoms with E-state index in [1.807, 2.05) is 0 Å². The second kappa shape index (κ2) is 9.82. The highest BCUT2D eigenvalue weighted by molar-refractivity contribution is 5.66. The van der Waals surface area contributed by atoms with Gasteiger partial charge in [0.1, 0.15) is 17.9 Å². The summed E-state index contributed by atoms with van der Waals surface area (Å²) in [5, 5.41) is 11.5. The SMILES string of the molecule is F[N+](F)(F)F.O=C(O)CCCCCCC(=O)O. The fourth-order valence-corrected chi connectivity index (χ4v) is 0.906. The Labute approximate surface area is 94.6 Å². The highest BCUT2D eigenvalue weighted by Gasteiger charge is 2.30. The third-order valence-electron chi connectivity index (χ3n) is 1.53. The number of nitrogens with zero attached hydrogens (tertiary/aromatic N) is 1. The average Bonchev–Trinajstić information content (AvgIpc) is 2.07. The molecule has 0 radical (unpaired) electrons. The Kier molecular flexibility index (Phi) is 10.4. The predicted molar refractivity (Wildman–Crippen MR) is 47.7 cm³/mol. The third kappa shape index (κ3) is 40.1. The van der Waals surface area contributed by atoms with Gasteiger partial charge in [-0.2, -0.15) is 0 Å². The number of carboxylic acid groups (broad SMARTS) is 2. The minimum atomic E-state index is -5.00. The van der Waals surface area contributed by atoms with Crippen LogP contribution >= 0.6 is 0 Å². The lowest BCUT2D eigenvalue weighted by atomic mass is 10.1. The van der Waals surface area contributed by atoms with Crippen molar-refractivity contribution in [1.29, 1.82) is 0 Å². The molecule has 102 valence electrons. The second-order valence-corrected chi connectivity index (χ2v) is 3.09. The van der Waals surface area contributed by atoms with Crippen LogP contribution < -0.4 is 0 Å². The molecule has 0 aliphatic rings. The fraction of sp³-hybridized carbons (Fsp3) is 0.750. The van der Waals surface area contributed by atoms with Crippen LogP contribution in [0, 0.1) is 0 Å².